The number of carboxylic acid groups (broad SMARTS) is 2. The number of anilines is 1. The number of carbonyl (C=O) groups excluding carboxylic acids is 2. The van der Waals surface area contributed by atoms with Gasteiger partial charge in [-0.05, 0) is 98.0 Å². The number of ketones is 1. The second-order valence-corrected chi connectivity index (χ2v) is 15.4. The van der Waals surface area contributed by atoms with E-state index < -0.39 is 22.0 Å². The van der Waals surface area contributed by atoms with Crippen LogP contribution in [0, 0.1) is 0 Å². The van der Waals surface area contributed by atoms with Gasteiger partial charge in [-0.25, -0.2) is 13.2 Å². The molecule has 0 aliphatic heterocycles. The minimum absolute atomic E-state index is 0.0384. The van der Waals surface area contributed by atoms with Crippen LogP contribution in [-0.4, -0.2) is 59.7 Å². The number of hydrogen-bond donors (Lipinski definition) is 3. The zero-order valence-electron chi connectivity index (χ0n) is 27.8. The summed E-state index contributed by atoms with van der Waals surface area (Å²) in [6.07, 6.45) is 5.00. The van der Waals surface area contributed by atoms with E-state index in [4.69, 9.17) is 10.2 Å². The van der Waals surface area contributed by atoms with Crippen molar-refractivity contribution in [3.8, 4) is 0 Å². The van der Waals surface area contributed by atoms with Crippen molar-refractivity contribution in [2.45, 2.75) is 69.6 Å². The Balaban J connectivity index is 1.29. The maximum absolute atomic E-state index is 13.8. The first-order chi connectivity index (χ1) is 24.0. The van der Waals surface area contributed by atoms with E-state index in [1.165, 1.54) is 33.8 Å². The second kappa shape index (κ2) is 16.4. The number of amides is 1. The molecule has 0 spiro atoms. The highest BCUT2D eigenvalue weighted by molar-refractivity contribution is 7.89. The summed E-state index contributed by atoms with van der Waals surface area (Å²) < 4.78 is 28.0. The Morgan fingerprint density at radius 2 is 1.52 bits per heavy atom. The van der Waals surface area contributed by atoms with Crippen molar-refractivity contribution in [2.75, 3.05) is 18.4 Å². The van der Waals surface area contributed by atoms with E-state index in [1.807, 2.05) is 36.4 Å². The van der Waals surface area contributed by atoms with Crippen LogP contribution in [0.3, 0.4) is 0 Å². The third-order valence-electron chi connectivity index (χ3n) is 8.85. The first-order valence-corrected chi connectivity index (χ1v) is 18.9. The Morgan fingerprint density at radius 3 is 2.16 bits per heavy atom. The molecule has 0 fully saturated rings. The van der Waals surface area contributed by atoms with Crippen LogP contribution >= 0.6 is 11.3 Å². The van der Waals surface area contributed by atoms with E-state index in [1.54, 1.807) is 25.1 Å². The fourth-order valence-electron chi connectivity index (χ4n) is 6.14. The zero-order chi connectivity index (χ0) is 35.8. The lowest BCUT2D eigenvalue weighted by atomic mass is 9.93. The van der Waals surface area contributed by atoms with Gasteiger partial charge in [0.15, 0.2) is 5.78 Å². The van der Waals surface area contributed by atoms with Gasteiger partial charge < -0.3 is 15.5 Å². The molecule has 10 nitrogen and oxygen atoms in total. The van der Waals surface area contributed by atoms with Gasteiger partial charge in [0, 0.05) is 46.9 Å². The quantitative estimate of drug-likeness (QED) is 0.109. The number of sulfonamides is 1. The van der Waals surface area contributed by atoms with Crippen LogP contribution in [0.15, 0.2) is 77.7 Å². The Bertz CT molecular complexity index is 1980. The minimum atomic E-state index is -3.95. The summed E-state index contributed by atoms with van der Waals surface area (Å²) in [6, 6.07) is 20.3. The minimum Gasteiger partial charge on any atom is -0.481 e. The van der Waals surface area contributed by atoms with Crippen LogP contribution in [-0.2, 0) is 46.9 Å². The number of Topliss-reactive ketones (excluding diaryl/α,β-unsaturated/α-hetero) is 1. The van der Waals surface area contributed by atoms with Crippen LogP contribution in [0.2, 0.25) is 0 Å². The van der Waals surface area contributed by atoms with E-state index >= 15 is 0 Å². The van der Waals surface area contributed by atoms with Gasteiger partial charge in [-0.2, -0.15) is 4.31 Å². The molecule has 1 heterocycles. The summed E-state index contributed by atoms with van der Waals surface area (Å²) in [5, 5.41) is 21.1. The number of fused-ring (bicyclic) bond motifs is 1. The van der Waals surface area contributed by atoms with Gasteiger partial charge in [0.05, 0.1) is 16.0 Å². The molecule has 4 aromatic rings. The number of hydrogen-bond acceptors (Lipinski definition) is 7. The Kier molecular flexibility index (Phi) is 12.0. The molecule has 0 unspecified atom stereocenters. The van der Waals surface area contributed by atoms with Crippen LogP contribution in [0.1, 0.15) is 90.1 Å². The Labute approximate surface area is 295 Å². The lowest BCUT2D eigenvalue weighted by molar-refractivity contribution is -0.137. The summed E-state index contributed by atoms with van der Waals surface area (Å²) in [6.45, 7) is 1.89. The summed E-state index contributed by atoms with van der Waals surface area (Å²) >= 11 is 1.47. The topological polar surface area (TPSA) is 158 Å². The van der Waals surface area contributed by atoms with E-state index in [2.05, 4.69) is 5.32 Å². The second-order valence-electron chi connectivity index (χ2n) is 12.3. The molecule has 5 rings (SSSR count). The monoisotopic (exact) mass is 716 g/mol. The Morgan fingerprint density at radius 1 is 0.860 bits per heavy atom. The molecule has 0 radical (unpaired) electrons. The fourth-order valence-corrected chi connectivity index (χ4v) is 9.07. The maximum atomic E-state index is 13.8. The largest absolute Gasteiger partial charge is 0.481 e. The predicted octanol–water partition coefficient (Wildman–Crippen LogP) is 6.66. The molecule has 12 heteroatoms. The molecule has 3 aromatic carbocycles. The molecule has 1 aromatic heterocycles. The molecule has 1 aliphatic rings. The molecule has 0 atom stereocenters. The van der Waals surface area contributed by atoms with E-state index in [0.717, 1.165) is 60.1 Å². The van der Waals surface area contributed by atoms with Crippen LogP contribution in [0.25, 0.3) is 0 Å². The van der Waals surface area contributed by atoms with Crippen LogP contribution < -0.4 is 5.32 Å². The number of nitrogens with one attached hydrogen (secondary N) is 1. The molecule has 0 bridgehead atoms. The summed E-state index contributed by atoms with van der Waals surface area (Å²) in [5.74, 6) is -2.54. The third-order valence-corrected chi connectivity index (χ3v) is 12.1. The standard InChI is InChI=1S/C38H40N2O8S2/c1-2-40(22-6-11-35(42)43)50(47,48)30-8-5-7-28(23-30)32(41)24-34-36(31-9-3-4-10-33(31)49-34)37(44)39-29-20-16-26(17-21-29)13-12-25-14-18-27(19-15-25)38(45)46/h5,7-8,14-21,23H,2-4,6,9-13,22,24H2,1H3,(H,39,44)(H,42,43)(H,45,46). The number of rotatable bonds is 16. The molecule has 0 saturated carbocycles. The number of aryl methyl sites for hydroxylation is 3. The van der Waals surface area contributed by atoms with Gasteiger partial charge in [-0.15, -0.1) is 11.3 Å². The smallest absolute Gasteiger partial charge is 0.335 e. The van der Waals surface area contributed by atoms with E-state index in [0.29, 0.717) is 16.1 Å². The van der Waals surface area contributed by atoms with Gasteiger partial charge in [-0.3, -0.25) is 14.4 Å². The normalized spacial score (nSPS) is 12.8. The molecule has 50 heavy (non-hydrogen) atoms. The molecule has 262 valence electrons. The van der Waals surface area contributed by atoms with Gasteiger partial charge in [0.1, 0.15) is 0 Å². The van der Waals surface area contributed by atoms with Gasteiger partial charge in [0.2, 0.25) is 10.0 Å². The molecule has 1 amide bonds. The summed E-state index contributed by atoms with van der Waals surface area (Å²) in [4.78, 5) is 51.2. The first kappa shape index (κ1) is 36.6. The van der Waals surface area contributed by atoms with Gasteiger partial charge in [0.25, 0.3) is 5.91 Å². The zero-order valence-corrected chi connectivity index (χ0v) is 29.4. The molecular weight excluding hydrogens is 677 g/mol. The summed E-state index contributed by atoms with van der Waals surface area (Å²) in [5.41, 5.74) is 4.68. The van der Waals surface area contributed by atoms with Crippen molar-refractivity contribution in [3.63, 3.8) is 0 Å². The van der Waals surface area contributed by atoms with Crippen molar-refractivity contribution >= 4 is 50.7 Å². The highest BCUT2D eigenvalue weighted by atomic mass is 32.2. The maximum Gasteiger partial charge on any atom is 0.335 e. The number of nitrogens with zero attached hydrogens (tertiary/aromatic N) is 1. The van der Waals surface area contributed by atoms with Crippen molar-refractivity contribution in [1.82, 2.24) is 4.31 Å². The molecular formula is C38H40N2O8S2. The predicted molar refractivity (Wildman–Crippen MR) is 192 cm³/mol. The van der Waals surface area contributed by atoms with E-state index in [9.17, 15) is 27.6 Å². The summed E-state index contributed by atoms with van der Waals surface area (Å²) in [7, 11) is -3.95. The molecule has 3 N–H and O–H groups in total. The average molecular weight is 717 g/mol. The lowest BCUT2D eigenvalue weighted by Gasteiger charge is -2.20. The van der Waals surface area contributed by atoms with Crippen molar-refractivity contribution in [1.29, 1.82) is 0 Å². The lowest BCUT2D eigenvalue weighted by Crippen LogP contribution is -2.32. The number of thiophene rings is 1. The fraction of sp³-hybridized carbons (Fsp3) is 0.316. The molecule has 1 aliphatic carbocycles. The van der Waals surface area contributed by atoms with Gasteiger partial charge in [-0.1, -0.05) is 43.3 Å². The van der Waals surface area contributed by atoms with E-state index in [-0.39, 0.29) is 60.1 Å². The van der Waals surface area contributed by atoms with Gasteiger partial charge >= 0.3 is 11.9 Å². The van der Waals surface area contributed by atoms with Crippen molar-refractivity contribution < 1.29 is 37.8 Å². The van der Waals surface area contributed by atoms with Crippen molar-refractivity contribution in [2.24, 2.45) is 0 Å². The van der Waals surface area contributed by atoms with Crippen molar-refractivity contribution in [3.05, 3.63) is 116 Å². The number of aliphatic carboxylic acids is 1. The average Bonchev–Trinajstić information content (AvgIpc) is 3.47. The molecule has 0 saturated heterocycles. The highest BCUT2D eigenvalue weighted by Gasteiger charge is 2.28. The number of carboxylic acids is 2. The number of aromatic carboxylic acids is 1. The van der Waals surface area contributed by atoms with Crippen LogP contribution in [0.5, 0.6) is 0 Å². The first-order valence-electron chi connectivity index (χ1n) is 16.7. The SMILES string of the molecule is CCN(CCCC(=O)O)S(=O)(=O)c1cccc(C(=O)Cc2sc3c(c2C(=O)Nc2ccc(CCc4ccc(C(=O)O)cc4)cc2)CCCC3)c1. The Hall–Kier alpha value is -4.65. The highest BCUT2D eigenvalue weighted by Crippen LogP contribution is 2.36. The number of benzene rings is 3. The third kappa shape index (κ3) is 8.92. The van der Waals surface area contributed by atoms with Crippen LogP contribution in [0.4, 0.5) is 5.69 Å². The number of carbonyl (C=O) groups is 4.